The van der Waals surface area contributed by atoms with Crippen molar-refractivity contribution in [3.63, 3.8) is 0 Å². The van der Waals surface area contributed by atoms with Crippen molar-refractivity contribution in [2.45, 2.75) is 20.3 Å². The number of nitrogens with zero attached hydrogens (tertiary/aromatic N) is 2. The highest BCUT2D eigenvalue weighted by atomic mass is 15.1. The summed E-state index contributed by atoms with van der Waals surface area (Å²) in [7, 11) is 0. The van der Waals surface area contributed by atoms with Crippen molar-refractivity contribution in [1.82, 2.24) is 9.88 Å². The molecule has 0 bridgehead atoms. The van der Waals surface area contributed by atoms with Gasteiger partial charge in [-0.2, -0.15) is 0 Å². The molecule has 1 aromatic carbocycles. The van der Waals surface area contributed by atoms with Gasteiger partial charge in [0, 0.05) is 30.4 Å². The highest BCUT2D eigenvalue weighted by Crippen LogP contribution is 2.25. The number of hydrogen-bond donors (Lipinski definition) is 2. The molecule has 4 nitrogen and oxygen atoms in total. The second-order valence-corrected chi connectivity index (χ2v) is 4.96. The number of hydrogen-bond acceptors (Lipinski definition) is 4. The summed E-state index contributed by atoms with van der Waals surface area (Å²) in [5.41, 5.74) is 8.77. The van der Waals surface area contributed by atoms with Gasteiger partial charge in [0.05, 0.1) is 11.2 Å². The average Bonchev–Trinajstić information content (AvgIpc) is 2.49. The molecule has 0 spiro atoms. The lowest BCUT2D eigenvalue weighted by Crippen LogP contribution is -2.29. The number of benzene rings is 1. The van der Waals surface area contributed by atoms with Crippen LogP contribution in [0.3, 0.4) is 0 Å². The van der Waals surface area contributed by atoms with Gasteiger partial charge >= 0.3 is 0 Å². The Morgan fingerprint density at radius 2 is 2.05 bits per heavy atom. The Hall–Kier alpha value is -1.81. The Kier molecular flexibility index (Phi) is 5.18. The van der Waals surface area contributed by atoms with E-state index in [1.165, 1.54) is 6.42 Å². The van der Waals surface area contributed by atoms with Crippen LogP contribution in [0.1, 0.15) is 20.3 Å². The maximum Gasteiger partial charge on any atom is 0.0953 e. The van der Waals surface area contributed by atoms with Gasteiger partial charge in [0.2, 0.25) is 0 Å². The minimum atomic E-state index is 0.778. The Bertz CT molecular complexity index is 553. The highest BCUT2D eigenvalue weighted by Gasteiger charge is 2.05. The molecule has 2 rings (SSSR count). The zero-order valence-corrected chi connectivity index (χ0v) is 12.4. The molecule has 4 heteroatoms. The Balaban J connectivity index is 2.05. The number of anilines is 2. The van der Waals surface area contributed by atoms with Gasteiger partial charge in [-0.1, -0.05) is 13.8 Å². The van der Waals surface area contributed by atoms with E-state index in [0.717, 1.165) is 48.5 Å². The zero-order chi connectivity index (χ0) is 14.4. The fourth-order valence-corrected chi connectivity index (χ4v) is 2.43. The summed E-state index contributed by atoms with van der Waals surface area (Å²) >= 11 is 0. The van der Waals surface area contributed by atoms with E-state index >= 15 is 0 Å². The van der Waals surface area contributed by atoms with E-state index in [4.69, 9.17) is 5.73 Å². The van der Waals surface area contributed by atoms with E-state index in [2.05, 4.69) is 29.0 Å². The summed E-state index contributed by atoms with van der Waals surface area (Å²) < 4.78 is 0. The van der Waals surface area contributed by atoms with Crippen molar-refractivity contribution < 1.29 is 0 Å². The number of pyridine rings is 1. The number of fused-ring (bicyclic) bond motifs is 1. The molecule has 1 aromatic heterocycles. The molecule has 2 aromatic rings. The quantitative estimate of drug-likeness (QED) is 0.761. The standard InChI is InChI=1S/C16H24N4/c1-3-11-20(4-2)12-10-18-15-8-7-14(17)13-6-5-9-19-16(13)15/h5-9,18H,3-4,10-12,17H2,1-2H3. The van der Waals surface area contributed by atoms with Crippen molar-refractivity contribution in [3.8, 4) is 0 Å². The van der Waals surface area contributed by atoms with Crippen molar-refractivity contribution in [2.75, 3.05) is 37.2 Å². The zero-order valence-electron chi connectivity index (χ0n) is 12.4. The van der Waals surface area contributed by atoms with Gasteiger partial charge in [0.25, 0.3) is 0 Å². The van der Waals surface area contributed by atoms with Crippen LogP contribution < -0.4 is 11.1 Å². The molecule has 1 heterocycles. The van der Waals surface area contributed by atoms with Gasteiger partial charge in [0.1, 0.15) is 0 Å². The number of nitrogens with two attached hydrogens (primary N) is 1. The van der Waals surface area contributed by atoms with E-state index in [0.29, 0.717) is 0 Å². The number of nitrogens with one attached hydrogen (secondary N) is 1. The summed E-state index contributed by atoms with van der Waals surface area (Å²) in [5, 5.41) is 4.49. The topological polar surface area (TPSA) is 54.2 Å². The lowest BCUT2D eigenvalue weighted by molar-refractivity contribution is 0.300. The van der Waals surface area contributed by atoms with Gasteiger partial charge < -0.3 is 16.0 Å². The summed E-state index contributed by atoms with van der Waals surface area (Å²) in [6, 6.07) is 7.89. The van der Waals surface area contributed by atoms with Crippen LogP contribution in [-0.2, 0) is 0 Å². The third kappa shape index (κ3) is 3.39. The molecule has 0 atom stereocenters. The summed E-state index contributed by atoms with van der Waals surface area (Å²) in [6.45, 7) is 8.63. The molecule has 20 heavy (non-hydrogen) atoms. The van der Waals surface area contributed by atoms with Crippen molar-refractivity contribution in [3.05, 3.63) is 30.5 Å². The molecule has 0 aliphatic carbocycles. The molecule has 0 saturated heterocycles. The summed E-state index contributed by atoms with van der Waals surface area (Å²) in [5.74, 6) is 0. The molecular formula is C16H24N4. The van der Waals surface area contributed by atoms with Crippen molar-refractivity contribution >= 4 is 22.3 Å². The van der Waals surface area contributed by atoms with E-state index < -0.39 is 0 Å². The van der Waals surface area contributed by atoms with Crippen LogP contribution in [-0.4, -0.2) is 36.1 Å². The smallest absolute Gasteiger partial charge is 0.0953 e. The second kappa shape index (κ2) is 7.10. The Morgan fingerprint density at radius 1 is 1.20 bits per heavy atom. The SMILES string of the molecule is CCCN(CC)CCNc1ccc(N)c2cccnc12. The number of nitrogen functional groups attached to an aromatic ring is 1. The van der Waals surface area contributed by atoms with Crippen LogP contribution in [0.4, 0.5) is 11.4 Å². The predicted molar refractivity (Wildman–Crippen MR) is 87.1 cm³/mol. The maximum atomic E-state index is 5.99. The molecule has 0 radical (unpaired) electrons. The number of rotatable bonds is 7. The Morgan fingerprint density at radius 3 is 2.80 bits per heavy atom. The molecule has 0 aliphatic rings. The van der Waals surface area contributed by atoms with Crippen molar-refractivity contribution in [1.29, 1.82) is 0 Å². The average molecular weight is 272 g/mol. The maximum absolute atomic E-state index is 5.99. The van der Waals surface area contributed by atoms with Gasteiger partial charge in [-0.3, -0.25) is 4.98 Å². The summed E-state index contributed by atoms with van der Waals surface area (Å²) in [4.78, 5) is 6.88. The first-order valence-corrected chi connectivity index (χ1v) is 7.35. The van der Waals surface area contributed by atoms with E-state index in [1.54, 1.807) is 0 Å². The van der Waals surface area contributed by atoms with Gasteiger partial charge in [-0.25, -0.2) is 0 Å². The lowest BCUT2D eigenvalue weighted by Gasteiger charge is -2.20. The highest BCUT2D eigenvalue weighted by molar-refractivity contribution is 5.98. The van der Waals surface area contributed by atoms with Crippen LogP contribution in [0, 0.1) is 0 Å². The molecule has 0 unspecified atom stereocenters. The van der Waals surface area contributed by atoms with Gasteiger partial charge in [-0.05, 0) is 43.8 Å². The number of aromatic nitrogens is 1. The molecule has 0 aliphatic heterocycles. The first kappa shape index (κ1) is 14.6. The third-order valence-corrected chi connectivity index (χ3v) is 3.53. The normalized spacial score (nSPS) is 11.2. The Labute approximate surface area is 121 Å². The fourth-order valence-electron chi connectivity index (χ4n) is 2.43. The third-order valence-electron chi connectivity index (χ3n) is 3.53. The molecule has 0 saturated carbocycles. The van der Waals surface area contributed by atoms with Crippen LogP contribution in [0.2, 0.25) is 0 Å². The van der Waals surface area contributed by atoms with Gasteiger partial charge in [0.15, 0.2) is 0 Å². The predicted octanol–water partition coefficient (Wildman–Crippen LogP) is 2.96. The van der Waals surface area contributed by atoms with Crippen molar-refractivity contribution in [2.24, 2.45) is 0 Å². The van der Waals surface area contributed by atoms with E-state index in [1.807, 2.05) is 30.5 Å². The first-order chi connectivity index (χ1) is 9.76. The monoisotopic (exact) mass is 272 g/mol. The molecule has 108 valence electrons. The molecular weight excluding hydrogens is 248 g/mol. The molecule has 3 N–H and O–H groups in total. The molecule has 0 fully saturated rings. The fraction of sp³-hybridized carbons (Fsp3) is 0.438. The second-order valence-electron chi connectivity index (χ2n) is 4.96. The van der Waals surface area contributed by atoms with E-state index in [-0.39, 0.29) is 0 Å². The first-order valence-electron chi connectivity index (χ1n) is 7.35. The summed E-state index contributed by atoms with van der Waals surface area (Å²) in [6.07, 6.45) is 3.00. The minimum absolute atomic E-state index is 0.778. The van der Waals surface area contributed by atoms with Crippen LogP contribution >= 0.6 is 0 Å². The molecule has 0 amide bonds. The van der Waals surface area contributed by atoms with Crippen LogP contribution in [0.15, 0.2) is 30.5 Å². The largest absolute Gasteiger partial charge is 0.398 e. The number of likely N-dealkylation sites (N-methyl/N-ethyl adjacent to an activating group) is 1. The minimum Gasteiger partial charge on any atom is -0.398 e. The van der Waals surface area contributed by atoms with Gasteiger partial charge in [-0.15, -0.1) is 0 Å². The lowest BCUT2D eigenvalue weighted by atomic mass is 10.1. The van der Waals surface area contributed by atoms with Crippen LogP contribution in [0.5, 0.6) is 0 Å². The van der Waals surface area contributed by atoms with E-state index in [9.17, 15) is 0 Å². The van der Waals surface area contributed by atoms with Crippen LogP contribution in [0.25, 0.3) is 10.9 Å².